The molecule has 26 heavy (non-hydrogen) atoms. The van der Waals surface area contributed by atoms with Crippen molar-refractivity contribution in [3.05, 3.63) is 66.0 Å². The summed E-state index contributed by atoms with van der Waals surface area (Å²) in [5.74, 6) is 1.50. The first-order chi connectivity index (χ1) is 12.6. The van der Waals surface area contributed by atoms with Crippen molar-refractivity contribution in [3.63, 3.8) is 0 Å². The molecule has 0 fully saturated rings. The fraction of sp³-hybridized carbons (Fsp3) is 0.143. The first-order valence-electron chi connectivity index (χ1n) is 8.37. The Morgan fingerprint density at radius 1 is 0.962 bits per heavy atom. The predicted octanol–water partition coefficient (Wildman–Crippen LogP) is 4.98. The molecule has 0 amide bonds. The smallest absolute Gasteiger partial charge is 0.235 e. The van der Waals surface area contributed by atoms with E-state index in [4.69, 9.17) is 22.3 Å². The molecule has 0 N–H and O–H groups in total. The number of fused-ring (bicyclic) bond motifs is 1. The first kappa shape index (κ1) is 16.7. The van der Waals surface area contributed by atoms with Gasteiger partial charge in [0, 0.05) is 27.9 Å². The van der Waals surface area contributed by atoms with E-state index in [-0.39, 0.29) is 0 Å². The monoisotopic (exact) mass is 361 g/mol. The fourth-order valence-electron chi connectivity index (χ4n) is 3.07. The summed E-state index contributed by atoms with van der Waals surface area (Å²) in [6, 6.07) is 16.2. The molecule has 2 aromatic heterocycles. The van der Waals surface area contributed by atoms with Crippen LogP contribution in [0.4, 0.5) is 0 Å². The maximum atomic E-state index is 5.28. The number of imidazole rings is 1. The summed E-state index contributed by atoms with van der Waals surface area (Å²) < 4.78 is 7.30. The van der Waals surface area contributed by atoms with Gasteiger partial charge in [-0.25, -0.2) is 9.97 Å². The average Bonchev–Trinajstić information content (AvgIpc) is 3.00. The molecule has 0 saturated heterocycles. The summed E-state index contributed by atoms with van der Waals surface area (Å²) in [7, 11) is 1.66. The zero-order chi connectivity index (χ0) is 18.3. The summed E-state index contributed by atoms with van der Waals surface area (Å²) >= 11 is 4.71. The van der Waals surface area contributed by atoms with Crippen LogP contribution >= 0.6 is 12.6 Å². The van der Waals surface area contributed by atoms with E-state index >= 15 is 0 Å². The lowest BCUT2D eigenvalue weighted by Crippen LogP contribution is -1.94. The van der Waals surface area contributed by atoms with Crippen LogP contribution in [0, 0.1) is 13.8 Å². The normalized spacial score (nSPS) is 11.1. The van der Waals surface area contributed by atoms with Gasteiger partial charge in [0.2, 0.25) is 5.78 Å². The van der Waals surface area contributed by atoms with E-state index in [1.54, 1.807) is 7.11 Å². The number of benzene rings is 2. The Kier molecular flexibility index (Phi) is 4.17. The van der Waals surface area contributed by atoms with E-state index in [0.717, 1.165) is 38.9 Å². The van der Waals surface area contributed by atoms with Crippen molar-refractivity contribution < 1.29 is 4.74 Å². The van der Waals surface area contributed by atoms with Crippen LogP contribution in [0.25, 0.3) is 28.3 Å². The predicted molar refractivity (Wildman–Crippen MR) is 107 cm³/mol. The second-order valence-electron chi connectivity index (χ2n) is 6.30. The Balaban J connectivity index is 2.02. The molecule has 2 heterocycles. The van der Waals surface area contributed by atoms with Gasteiger partial charge in [0.25, 0.3) is 0 Å². The Morgan fingerprint density at radius 3 is 2.42 bits per heavy atom. The van der Waals surface area contributed by atoms with Crippen LogP contribution in [0.1, 0.15) is 11.3 Å². The van der Waals surface area contributed by atoms with Crippen LogP contribution in [0.15, 0.2) is 59.6 Å². The molecule has 0 spiro atoms. The summed E-state index contributed by atoms with van der Waals surface area (Å²) in [5.41, 5.74) is 6.02. The zero-order valence-electron chi connectivity index (χ0n) is 14.9. The van der Waals surface area contributed by atoms with E-state index in [2.05, 4.69) is 30.1 Å². The maximum Gasteiger partial charge on any atom is 0.235 e. The Morgan fingerprint density at radius 2 is 1.73 bits per heavy atom. The molecular weight excluding hydrogens is 342 g/mol. The van der Waals surface area contributed by atoms with Crippen molar-refractivity contribution in [1.29, 1.82) is 0 Å². The number of thiol groups is 1. The van der Waals surface area contributed by atoms with Crippen LogP contribution in [-0.2, 0) is 0 Å². The topological polar surface area (TPSA) is 39.4 Å². The Hall–Kier alpha value is -2.79. The minimum absolute atomic E-state index is 0.680. The van der Waals surface area contributed by atoms with Gasteiger partial charge in [-0.2, -0.15) is 0 Å². The van der Waals surface area contributed by atoms with Gasteiger partial charge < -0.3 is 4.74 Å². The number of aryl methyl sites for hydroxylation is 2. The molecule has 0 aliphatic heterocycles. The number of nitrogens with zero attached hydrogens (tertiary/aromatic N) is 3. The van der Waals surface area contributed by atoms with Crippen molar-refractivity contribution in [2.45, 2.75) is 18.7 Å². The third kappa shape index (κ3) is 2.84. The summed E-state index contributed by atoms with van der Waals surface area (Å²) in [4.78, 5) is 10.3. The van der Waals surface area contributed by atoms with E-state index < -0.39 is 0 Å². The molecule has 4 rings (SSSR count). The fourth-order valence-corrected chi connectivity index (χ4v) is 3.45. The molecular formula is C21H19N3OS. The van der Waals surface area contributed by atoms with E-state index in [1.807, 2.05) is 47.9 Å². The average molecular weight is 361 g/mol. The number of rotatable bonds is 3. The minimum atomic E-state index is 0.680. The standard InChI is InChI=1S/C21H19N3OS/c1-13-4-9-17(18(26)12-13)20-19(15-5-7-16(25-3)8-6-15)23-21-22-14(2)10-11-24(20)21/h4-12,26H,1-3H3. The van der Waals surface area contributed by atoms with Crippen molar-refractivity contribution in [1.82, 2.24) is 14.4 Å². The SMILES string of the molecule is COc1ccc(-c2nc3nc(C)ccn3c2-c2ccc(C)cc2S)cc1. The molecule has 0 aliphatic carbocycles. The van der Waals surface area contributed by atoms with Gasteiger partial charge in [0.05, 0.1) is 18.5 Å². The van der Waals surface area contributed by atoms with Gasteiger partial charge in [-0.1, -0.05) is 12.1 Å². The van der Waals surface area contributed by atoms with Crippen LogP contribution < -0.4 is 4.74 Å². The molecule has 0 aliphatic rings. The van der Waals surface area contributed by atoms with E-state index in [1.165, 1.54) is 5.56 Å². The number of hydrogen-bond acceptors (Lipinski definition) is 4. The molecule has 0 saturated carbocycles. The quantitative estimate of drug-likeness (QED) is 0.523. The first-order valence-corrected chi connectivity index (χ1v) is 8.81. The van der Waals surface area contributed by atoms with Gasteiger partial charge in [-0.3, -0.25) is 4.40 Å². The second-order valence-corrected chi connectivity index (χ2v) is 6.78. The molecule has 4 aromatic rings. The van der Waals surface area contributed by atoms with Crippen LogP contribution in [-0.4, -0.2) is 21.5 Å². The third-order valence-corrected chi connectivity index (χ3v) is 4.78. The van der Waals surface area contributed by atoms with E-state index in [9.17, 15) is 0 Å². The Bertz CT molecular complexity index is 1100. The number of aromatic nitrogens is 3. The molecule has 2 aromatic carbocycles. The lowest BCUT2D eigenvalue weighted by Gasteiger charge is -2.09. The minimum Gasteiger partial charge on any atom is -0.497 e. The summed E-state index contributed by atoms with van der Waals surface area (Å²) in [5, 5.41) is 0. The molecule has 0 bridgehead atoms. The highest BCUT2D eigenvalue weighted by Crippen LogP contribution is 2.36. The molecule has 130 valence electrons. The molecule has 0 radical (unpaired) electrons. The van der Waals surface area contributed by atoms with Crippen molar-refractivity contribution in [2.24, 2.45) is 0 Å². The van der Waals surface area contributed by atoms with Crippen LogP contribution in [0.3, 0.4) is 0 Å². The molecule has 5 heteroatoms. The second kappa shape index (κ2) is 6.50. The van der Waals surface area contributed by atoms with Crippen LogP contribution in [0.5, 0.6) is 5.75 Å². The van der Waals surface area contributed by atoms with Gasteiger partial charge >= 0.3 is 0 Å². The maximum absolute atomic E-state index is 5.28. The lowest BCUT2D eigenvalue weighted by atomic mass is 10.0. The largest absolute Gasteiger partial charge is 0.497 e. The zero-order valence-corrected chi connectivity index (χ0v) is 15.8. The van der Waals surface area contributed by atoms with Crippen LogP contribution in [0.2, 0.25) is 0 Å². The number of ether oxygens (including phenoxy) is 1. The van der Waals surface area contributed by atoms with Crippen molar-refractivity contribution in [2.75, 3.05) is 7.11 Å². The number of methoxy groups -OCH3 is 1. The summed E-state index contributed by atoms with van der Waals surface area (Å²) in [6.45, 7) is 4.03. The highest BCUT2D eigenvalue weighted by molar-refractivity contribution is 7.80. The van der Waals surface area contributed by atoms with Crippen molar-refractivity contribution in [3.8, 4) is 28.3 Å². The molecule has 0 atom stereocenters. The van der Waals surface area contributed by atoms with Gasteiger partial charge in [-0.15, -0.1) is 12.6 Å². The van der Waals surface area contributed by atoms with Crippen molar-refractivity contribution >= 4 is 18.4 Å². The highest BCUT2D eigenvalue weighted by Gasteiger charge is 2.18. The summed E-state index contributed by atoms with van der Waals surface area (Å²) in [6.07, 6.45) is 2.01. The van der Waals surface area contributed by atoms with Gasteiger partial charge in [-0.05, 0) is 55.8 Å². The number of hydrogen-bond donors (Lipinski definition) is 1. The Labute approximate surface area is 157 Å². The van der Waals surface area contributed by atoms with Gasteiger partial charge in [0.1, 0.15) is 5.75 Å². The molecule has 0 unspecified atom stereocenters. The lowest BCUT2D eigenvalue weighted by molar-refractivity contribution is 0.415. The molecule has 4 nitrogen and oxygen atoms in total. The van der Waals surface area contributed by atoms with E-state index in [0.29, 0.717) is 5.78 Å². The van der Waals surface area contributed by atoms with Gasteiger partial charge in [0.15, 0.2) is 0 Å². The third-order valence-electron chi connectivity index (χ3n) is 4.41. The highest BCUT2D eigenvalue weighted by atomic mass is 32.1.